The lowest BCUT2D eigenvalue weighted by molar-refractivity contribution is 0.357. The van der Waals surface area contributed by atoms with Gasteiger partial charge in [0.2, 0.25) is 0 Å². The van der Waals surface area contributed by atoms with Crippen molar-refractivity contribution in [1.82, 2.24) is 25.3 Å². The van der Waals surface area contributed by atoms with Crippen molar-refractivity contribution in [2.75, 3.05) is 33.7 Å². The predicted octanol–water partition coefficient (Wildman–Crippen LogP) is 2.72. The van der Waals surface area contributed by atoms with Gasteiger partial charge < -0.3 is 15.5 Å². The summed E-state index contributed by atoms with van der Waals surface area (Å²) in [5.74, 6) is 0.813. The monoisotopic (exact) mass is 470 g/mol. The molecule has 2 N–H and O–H groups in total. The van der Waals surface area contributed by atoms with E-state index in [9.17, 15) is 0 Å². The minimum absolute atomic E-state index is 0. The van der Waals surface area contributed by atoms with Crippen molar-refractivity contribution in [2.24, 2.45) is 4.99 Å². The molecule has 0 amide bonds. The van der Waals surface area contributed by atoms with E-state index < -0.39 is 0 Å². The third kappa shape index (κ3) is 6.28. The topological polar surface area (TPSA) is 57.5 Å². The van der Waals surface area contributed by atoms with Crippen LogP contribution < -0.4 is 10.6 Å². The molecule has 7 heteroatoms. The van der Waals surface area contributed by atoms with Crippen molar-refractivity contribution in [3.8, 4) is 5.69 Å². The van der Waals surface area contributed by atoms with E-state index in [1.165, 1.54) is 5.56 Å². The Bertz CT molecular complexity index is 710. The van der Waals surface area contributed by atoms with E-state index in [1.54, 1.807) is 7.05 Å². The molecule has 0 saturated carbocycles. The van der Waals surface area contributed by atoms with E-state index in [0.717, 1.165) is 42.7 Å². The summed E-state index contributed by atoms with van der Waals surface area (Å²) in [6, 6.07) is 10.4. The molecule has 26 heavy (non-hydrogen) atoms. The SMILES string of the molecule is CCN(C)CCNC(=NC)NCc1ccccc1-n1nc(C)cc1C.I. The number of halogens is 1. The Morgan fingerprint density at radius 2 is 1.96 bits per heavy atom. The van der Waals surface area contributed by atoms with Gasteiger partial charge in [-0.1, -0.05) is 25.1 Å². The summed E-state index contributed by atoms with van der Waals surface area (Å²) >= 11 is 0. The molecule has 1 heterocycles. The van der Waals surface area contributed by atoms with Gasteiger partial charge in [0.1, 0.15) is 0 Å². The van der Waals surface area contributed by atoms with Crippen LogP contribution in [0.25, 0.3) is 5.69 Å². The number of hydrogen-bond donors (Lipinski definition) is 2. The number of hydrogen-bond acceptors (Lipinski definition) is 3. The van der Waals surface area contributed by atoms with Crippen molar-refractivity contribution in [3.63, 3.8) is 0 Å². The first-order chi connectivity index (χ1) is 12.0. The van der Waals surface area contributed by atoms with E-state index in [0.29, 0.717) is 6.54 Å². The summed E-state index contributed by atoms with van der Waals surface area (Å²) < 4.78 is 2.00. The molecule has 144 valence electrons. The maximum Gasteiger partial charge on any atom is 0.191 e. The highest BCUT2D eigenvalue weighted by Gasteiger charge is 2.09. The Hall–Kier alpha value is -1.61. The molecule has 2 aromatic rings. The highest BCUT2D eigenvalue weighted by molar-refractivity contribution is 14.0. The average molecular weight is 470 g/mol. The molecule has 0 spiro atoms. The highest BCUT2D eigenvalue weighted by atomic mass is 127. The fourth-order valence-electron chi connectivity index (χ4n) is 2.66. The molecule has 2 rings (SSSR count). The number of benzene rings is 1. The largest absolute Gasteiger partial charge is 0.355 e. The van der Waals surface area contributed by atoms with Gasteiger partial charge in [0.15, 0.2) is 5.96 Å². The summed E-state index contributed by atoms with van der Waals surface area (Å²) in [6.45, 7) is 9.84. The Kier molecular flexibility index (Phi) is 9.64. The Balaban J connectivity index is 0.00000338. The fourth-order valence-corrected chi connectivity index (χ4v) is 2.66. The van der Waals surface area contributed by atoms with Crippen molar-refractivity contribution in [3.05, 3.63) is 47.3 Å². The molecule has 0 saturated heterocycles. The second-order valence-electron chi connectivity index (χ2n) is 6.22. The van der Waals surface area contributed by atoms with Crippen LogP contribution in [0.2, 0.25) is 0 Å². The van der Waals surface area contributed by atoms with Gasteiger partial charge in [-0.05, 0) is 45.1 Å². The number of aliphatic imine (C=N–C) groups is 1. The van der Waals surface area contributed by atoms with E-state index in [4.69, 9.17) is 0 Å². The smallest absolute Gasteiger partial charge is 0.191 e. The molecule has 0 atom stereocenters. The number of likely N-dealkylation sites (N-methyl/N-ethyl adjacent to an activating group) is 1. The predicted molar refractivity (Wildman–Crippen MR) is 120 cm³/mol. The van der Waals surface area contributed by atoms with Gasteiger partial charge >= 0.3 is 0 Å². The molecular weight excluding hydrogens is 439 g/mol. The van der Waals surface area contributed by atoms with Crippen LogP contribution in [0.15, 0.2) is 35.3 Å². The third-order valence-electron chi connectivity index (χ3n) is 4.23. The van der Waals surface area contributed by atoms with E-state index in [2.05, 4.69) is 70.8 Å². The molecule has 1 aromatic heterocycles. The van der Waals surface area contributed by atoms with Crippen molar-refractivity contribution in [1.29, 1.82) is 0 Å². The van der Waals surface area contributed by atoms with Gasteiger partial charge in [0.25, 0.3) is 0 Å². The lowest BCUT2D eigenvalue weighted by Crippen LogP contribution is -2.40. The van der Waals surface area contributed by atoms with Gasteiger partial charge in [0, 0.05) is 32.4 Å². The van der Waals surface area contributed by atoms with Crippen LogP contribution in [-0.2, 0) is 6.54 Å². The van der Waals surface area contributed by atoms with Crippen molar-refractivity contribution >= 4 is 29.9 Å². The first-order valence-electron chi connectivity index (χ1n) is 8.79. The Morgan fingerprint density at radius 1 is 1.23 bits per heavy atom. The quantitative estimate of drug-likeness (QED) is 0.371. The maximum atomic E-state index is 4.60. The normalized spacial score (nSPS) is 11.4. The standard InChI is InChI=1S/C19H30N6.HI/c1-6-24(5)12-11-21-19(20-4)22-14-17-9-7-8-10-18(17)25-16(3)13-15(2)23-25;/h7-10,13H,6,11-12,14H2,1-5H3,(H2,20,21,22);1H. The van der Waals surface area contributed by atoms with Crippen molar-refractivity contribution < 1.29 is 0 Å². The molecule has 0 aliphatic carbocycles. The zero-order valence-corrected chi connectivity index (χ0v) is 18.7. The van der Waals surface area contributed by atoms with Crippen LogP contribution in [0, 0.1) is 13.8 Å². The number of guanidine groups is 1. The van der Waals surface area contributed by atoms with E-state index in [-0.39, 0.29) is 24.0 Å². The first kappa shape index (κ1) is 22.4. The summed E-state index contributed by atoms with van der Waals surface area (Å²) in [4.78, 5) is 6.57. The molecule has 0 bridgehead atoms. The number of nitrogens with zero attached hydrogens (tertiary/aromatic N) is 4. The second-order valence-corrected chi connectivity index (χ2v) is 6.22. The summed E-state index contributed by atoms with van der Waals surface area (Å²) in [5.41, 5.74) is 4.44. The Morgan fingerprint density at radius 3 is 2.58 bits per heavy atom. The number of para-hydroxylation sites is 1. The lowest BCUT2D eigenvalue weighted by atomic mass is 10.1. The number of rotatable bonds is 7. The highest BCUT2D eigenvalue weighted by Crippen LogP contribution is 2.16. The second kappa shape index (κ2) is 11.2. The molecular formula is C19H31IN6. The minimum atomic E-state index is 0. The molecule has 1 aromatic carbocycles. The molecule has 6 nitrogen and oxygen atoms in total. The molecule has 0 radical (unpaired) electrons. The van der Waals surface area contributed by atoms with Crippen LogP contribution in [-0.4, -0.2) is 54.4 Å². The summed E-state index contributed by atoms with van der Waals surface area (Å²) in [6.07, 6.45) is 0. The Labute approximate surface area is 174 Å². The van der Waals surface area contributed by atoms with Gasteiger partial charge in [-0.2, -0.15) is 5.10 Å². The van der Waals surface area contributed by atoms with Crippen LogP contribution in [0.5, 0.6) is 0 Å². The van der Waals surface area contributed by atoms with Gasteiger partial charge in [-0.3, -0.25) is 4.99 Å². The van der Waals surface area contributed by atoms with Gasteiger partial charge in [-0.25, -0.2) is 4.68 Å². The summed E-state index contributed by atoms with van der Waals surface area (Å²) in [5, 5.41) is 11.4. The minimum Gasteiger partial charge on any atom is -0.355 e. The fraction of sp³-hybridized carbons (Fsp3) is 0.474. The molecule has 0 aliphatic heterocycles. The third-order valence-corrected chi connectivity index (χ3v) is 4.23. The van der Waals surface area contributed by atoms with E-state index in [1.807, 2.05) is 17.7 Å². The first-order valence-corrected chi connectivity index (χ1v) is 8.79. The lowest BCUT2D eigenvalue weighted by Gasteiger charge is -2.17. The van der Waals surface area contributed by atoms with Crippen LogP contribution in [0.1, 0.15) is 23.9 Å². The van der Waals surface area contributed by atoms with E-state index >= 15 is 0 Å². The van der Waals surface area contributed by atoms with Crippen LogP contribution >= 0.6 is 24.0 Å². The number of aryl methyl sites for hydroxylation is 2. The van der Waals surface area contributed by atoms with Gasteiger partial charge in [0.05, 0.1) is 11.4 Å². The van der Waals surface area contributed by atoms with Crippen LogP contribution in [0.4, 0.5) is 0 Å². The average Bonchev–Trinajstić information content (AvgIpc) is 2.96. The number of aromatic nitrogens is 2. The molecule has 0 unspecified atom stereocenters. The zero-order chi connectivity index (χ0) is 18.2. The molecule has 0 fully saturated rings. The zero-order valence-electron chi connectivity index (χ0n) is 16.4. The van der Waals surface area contributed by atoms with Gasteiger partial charge in [-0.15, -0.1) is 24.0 Å². The maximum absolute atomic E-state index is 4.60. The number of nitrogens with one attached hydrogen (secondary N) is 2. The molecule has 0 aliphatic rings. The summed E-state index contributed by atoms with van der Waals surface area (Å²) in [7, 11) is 3.91. The van der Waals surface area contributed by atoms with Crippen molar-refractivity contribution in [2.45, 2.75) is 27.3 Å². The van der Waals surface area contributed by atoms with Crippen LogP contribution in [0.3, 0.4) is 0 Å².